The van der Waals surface area contributed by atoms with Crippen molar-refractivity contribution < 1.29 is 14.2 Å². The molecule has 0 amide bonds. The molecular weight excluding hydrogens is 204 g/mol. The van der Waals surface area contributed by atoms with Crippen molar-refractivity contribution in [3.63, 3.8) is 0 Å². The largest absolute Gasteiger partial charge is 0.382 e. The standard InChI is InChI=1S/C13H20O3/c1-14-10-13(15-2)11-16-9-8-12-6-4-3-5-7-12/h3-7,13H,8-11H2,1-2H3. The van der Waals surface area contributed by atoms with E-state index >= 15 is 0 Å². The SMILES string of the molecule is COCC(COCCc1ccccc1)OC. The lowest BCUT2D eigenvalue weighted by Crippen LogP contribution is -2.24. The molecule has 0 N–H and O–H groups in total. The van der Waals surface area contributed by atoms with E-state index in [1.165, 1.54) is 5.56 Å². The van der Waals surface area contributed by atoms with Gasteiger partial charge in [-0.25, -0.2) is 0 Å². The fourth-order valence-corrected chi connectivity index (χ4v) is 1.42. The van der Waals surface area contributed by atoms with Crippen LogP contribution in [-0.2, 0) is 20.6 Å². The van der Waals surface area contributed by atoms with E-state index < -0.39 is 0 Å². The molecule has 1 unspecified atom stereocenters. The second kappa shape index (κ2) is 8.28. The Morgan fingerprint density at radius 3 is 2.44 bits per heavy atom. The van der Waals surface area contributed by atoms with E-state index in [9.17, 15) is 0 Å². The summed E-state index contributed by atoms with van der Waals surface area (Å²) >= 11 is 0. The first-order valence-electron chi connectivity index (χ1n) is 5.50. The summed E-state index contributed by atoms with van der Waals surface area (Å²) in [5, 5.41) is 0. The maximum Gasteiger partial charge on any atom is 0.104 e. The molecule has 0 spiro atoms. The van der Waals surface area contributed by atoms with Crippen LogP contribution in [0.2, 0.25) is 0 Å². The Morgan fingerprint density at radius 1 is 1.06 bits per heavy atom. The third kappa shape index (κ3) is 5.26. The van der Waals surface area contributed by atoms with Gasteiger partial charge in [0.25, 0.3) is 0 Å². The number of benzene rings is 1. The Kier molecular flexibility index (Phi) is 6.81. The normalized spacial score (nSPS) is 12.6. The minimum absolute atomic E-state index is 0.0285. The zero-order valence-electron chi connectivity index (χ0n) is 10.0. The van der Waals surface area contributed by atoms with Gasteiger partial charge in [-0.1, -0.05) is 30.3 Å². The molecular formula is C13H20O3. The van der Waals surface area contributed by atoms with Crippen LogP contribution < -0.4 is 0 Å². The van der Waals surface area contributed by atoms with Gasteiger partial charge in [0, 0.05) is 14.2 Å². The van der Waals surface area contributed by atoms with Crippen LogP contribution in [0.1, 0.15) is 5.56 Å². The monoisotopic (exact) mass is 224 g/mol. The van der Waals surface area contributed by atoms with Gasteiger partial charge >= 0.3 is 0 Å². The van der Waals surface area contributed by atoms with Crippen LogP contribution in [-0.4, -0.2) is 40.1 Å². The van der Waals surface area contributed by atoms with E-state index in [1.807, 2.05) is 18.2 Å². The third-order valence-corrected chi connectivity index (χ3v) is 2.37. The quantitative estimate of drug-likeness (QED) is 0.631. The highest BCUT2D eigenvalue weighted by Gasteiger charge is 2.06. The van der Waals surface area contributed by atoms with Crippen molar-refractivity contribution in [1.82, 2.24) is 0 Å². The Balaban J connectivity index is 2.11. The number of ether oxygens (including phenoxy) is 3. The van der Waals surface area contributed by atoms with E-state index in [2.05, 4.69) is 12.1 Å². The highest BCUT2D eigenvalue weighted by molar-refractivity contribution is 5.14. The maximum absolute atomic E-state index is 5.54. The second-order valence-corrected chi connectivity index (χ2v) is 3.62. The molecule has 0 aliphatic heterocycles. The van der Waals surface area contributed by atoms with Crippen LogP contribution in [0.3, 0.4) is 0 Å². The van der Waals surface area contributed by atoms with Crippen LogP contribution in [0, 0.1) is 0 Å². The average molecular weight is 224 g/mol. The molecule has 3 nitrogen and oxygen atoms in total. The van der Waals surface area contributed by atoms with Crippen molar-refractivity contribution in [2.24, 2.45) is 0 Å². The maximum atomic E-state index is 5.54. The minimum atomic E-state index is 0.0285. The summed E-state index contributed by atoms with van der Waals surface area (Å²) in [5.74, 6) is 0. The fourth-order valence-electron chi connectivity index (χ4n) is 1.42. The molecule has 0 radical (unpaired) electrons. The first-order chi connectivity index (χ1) is 7.86. The van der Waals surface area contributed by atoms with Crippen LogP contribution in [0.4, 0.5) is 0 Å². The first kappa shape index (κ1) is 13.2. The summed E-state index contributed by atoms with van der Waals surface area (Å²) in [6.07, 6.45) is 0.963. The van der Waals surface area contributed by atoms with Crippen molar-refractivity contribution in [1.29, 1.82) is 0 Å². The zero-order valence-corrected chi connectivity index (χ0v) is 10.0. The fraction of sp³-hybridized carbons (Fsp3) is 0.538. The van der Waals surface area contributed by atoms with Crippen molar-refractivity contribution in [3.05, 3.63) is 35.9 Å². The lowest BCUT2D eigenvalue weighted by atomic mass is 10.2. The summed E-state index contributed by atoms with van der Waals surface area (Å²) in [4.78, 5) is 0. The molecule has 1 aromatic rings. The third-order valence-electron chi connectivity index (χ3n) is 2.37. The number of hydrogen-bond acceptors (Lipinski definition) is 3. The van der Waals surface area contributed by atoms with Gasteiger partial charge in [-0.2, -0.15) is 0 Å². The van der Waals surface area contributed by atoms with Crippen LogP contribution in [0.15, 0.2) is 30.3 Å². The summed E-state index contributed by atoms with van der Waals surface area (Å²) in [6, 6.07) is 10.3. The van der Waals surface area contributed by atoms with Gasteiger partial charge in [0.15, 0.2) is 0 Å². The highest BCUT2D eigenvalue weighted by Crippen LogP contribution is 2.00. The Bertz CT molecular complexity index is 261. The molecule has 0 fully saturated rings. The predicted molar refractivity (Wildman–Crippen MR) is 63.6 cm³/mol. The van der Waals surface area contributed by atoms with Gasteiger partial charge < -0.3 is 14.2 Å². The van der Waals surface area contributed by atoms with Crippen molar-refractivity contribution in [2.45, 2.75) is 12.5 Å². The van der Waals surface area contributed by atoms with E-state index in [1.54, 1.807) is 14.2 Å². The van der Waals surface area contributed by atoms with Gasteiger partial charge in [-0.3, -0.25) is 0 Å². The smallest absolute Gasteiger partial charge is 0.104 e. The van der Waals surface area contributed by atoms with Gasteiger partial charge in [-0.15, -0.1) is 0 Å². The Hall–Kier alpha value is -0.900. The lowest BCUT2D eigenvalue weighted by Gasteiger charge is -2.14. The second-order valence-electron chi connectivity index (χ2n) is 3.62. The molecule has 0 saturated heterocycles. The molecule has 0 aliphatic carbocycles. The molecule has 1 aromatic carbocycles. The first-order valence-corrected chi connectivity index (χ1v) is 5.50. The van der Waals surface area contributed by atoms with Gasteiger partial charge in [0.2, 0.25) is 0 Å². The minimum Gasteiger partial charge on any atom is -0.382 e. The van der Waals surface area contributed by atoms with E-state index in [-0.39, 0.29) is 6.10 Å². The van der Waals surface area contributed by atoms with E-state index in [0.29, 0.717) is 19.8 Å². The molecule has 0 heterocycles. The van der Waals surface area contributed by atoms with Crippen LogP contribution in [0.25, 0.3) is 0 Å². The molecule has 1 rings (SSSR count). The summed E-state index contributed by atoms with van der Waals surface area (Å²) in [5.41, 5.74) is 1.29. The summed E-state index contributed by atoms with van der Waals surface area (Å²) in [6.45, 7) is 1.87. The van der Waals surface area contributed by atoms with Crippen molar-refractivity contribution >= 4 is 0 Å². The van der Waals surface area contributed by atoms with E-state index in [4.69, 9.17) is 14.2 Å². The molecule has 3 heteroatoms. The summed E-state index contributed by atoms with van der Waals surface area (Å²) in [7, 11) is 3.33. The topological polar surface area (TPSA) is 27.7 Å². The zero-order chi connectivity index (χ0) is 11.6. The molecule has 16 heavy (non-hydrogen) atoms. The predicted octanol–water partition coefficient (Wildman–Crippen LogP) is 1.91. The van der Waals surface area contributed by atoms with E-state index in [0.717, 1.165) is 6.42 Å². The van der Waals surface area contributed by atoms with Gasteiger partial charge in [0.1, 0.15) is 6.10 Å². The van der Waals surface area contributed by atoms with Crippen LogP contribution in [0.5, 0.6) is 0 Å². The lowest BCUT2D eigenvalue weighted by molar-refractivity contribution is -0.0296. The molecule has 90 valence electrons. The highest BCUT2D eigenvalue weighted by atomic mass is 16.5. The van der Waals surface area contributed by atoms with Crippen LogP contribution >= 0.6 is 0 Å². The number of methoxy groups -OCH3 is 2. The molecule has 0 aliphatic rings. The average Bonchev–Trinajstić information content (AvgIpc) is 2.34. The summed E-state index contributed by atoms with van der Waals surface area (Å²) < 4.78 is 15.7. The van der Waals surface area contributed by atoms with Gasteiger partial charge in [-0.05, 0) is 12.0 Å². The number of rotatable bonds is 8. The van der Waals surface area contributed by atoms with Gasteiger partial charge in [0.05, 0.1) is 19.8 Å². The molecule has 0 aromatic heterocycles. The number of hydrogen-bond donors (Lipinski definition) is 0. The molecule has 1 atom stereocenters. The molecule has 0 bridgehead atoms. The molecule has 0 saturated carbocycles. The van der Waals surface area contributed by atoms with Crippen molar-refractivity contribution in [2.75, 3.05) is 34.0 Å². The Morgan fingerprint density at radius 2 is 1.81 bits per heavy atom. The van der Waals surface area contributed by atoms with Crippen molar-refractivity contribution in [3.8, 4) is 0 Å². The Labute approximate surface area is 97.3 Å².